The van der Waals surface area contributed by atoms with E-state index in [1.165, 1.54) is 35.5 Å². The van der Waals surface area contributed by atoms with Gasteiger partial charge in [0.1, 0.15) is 0 Å². The van der Waals surface area contributed by atoms with Crippen LogP contribution in [0, 0.1) is 0 Å². The van der Waals surface area contributed by atoms with Crippen molar-refractivity contribution < 1.29 is 4.79 Å². The van der Waals surface area contributed by atoms with Crippen molar-refractivity contribution in [3.63, 3.8) is 0 Å². The molecule has 0 aliphatic heterocycles. The molecular weight excluding hydrogens is 286 g/mol. The van der Waals surface area contributed by atoms with Crippen molar-refractivity contribution in [2.24, 2.45) is 0 Å². The minimum atomic E-state index is 0.171. The molecule has 0 aliphatic carbocycles. The number of amides is 1. The molecule has 2 aromatic heterocycles. The maximum atomic E-state index is 12.5. The largest absolute Gasteiger partial charge is 0.333 e. The van der Waals surface area contributed by atoms with Crippen molar-refractivity contribution in [3.05, 3.63) is 44.8 Å². The first-order valence-corrected chi connectivity index (χ1v) is 8.92. The van der Waals surface area contributed by atoms with Crippen LogP contribution in [-0.4, -0.2) is 17.4 Å². The second kappa shape index (κ2) is 8.22. The molecule has 2 aromatic rings. The van der Waals surface area contributed by atoms with Gasteiger partial charge in [0.2, 0.25) is 0 Å². The molecule has 0 radical (unpaired) electrons. The Morgan fingerprint density at radius 2 is 1.90 bits per heavy atom. The lowest BCUT2D eigenvalue weighted by molar-refractivity contribution is 0.0746. The van der Waals surface area contributed by atoms with Gasteiger partial charge in [-0.1, -0.05) is 38.3 Å². The molecule has 20 heavy (non-hydrogen) atoms. The molecule has 0 aromatic carbocycles. The van der Waals surface area contributed by atoms with E-state index < -0.39 is 0 Å². The molecule has 0 fully saturated rings. The summed E-state index contributed by atoms with van der Waals surface area (Å²) in [5, 5.41) is 4.04. The Labute approximate surface area is 129 Å². The Bertz CT molecular complexity index is 491. The fourth-order valence-corrected chi connectivity index (χ4v) is 3.54. The molecule has 0 saturated heterocycles. The van der Waals surface area contributed by atoms with Gasteiger partial charge in [-0.25, -0.2) is 0 Å². The van der Waals surface area contributed by atoms with E-state index in [4.69, 9.17) is 0 Å². The zero-order valence-corrected chi connectivity index (χ0v) is 13.5. The number of rotatable bonds is 8. The average Bonchev–Trinajstić information content (AvgIpc) is 3.14. The van der Waals surface area contributed by atoms with Gasteiger partial charge in [0.15, 0.2) is 0 Å². The number of carbonyl (C=O) groups is 1. The third kappa shape index (κ3) is 4.46. The lowest BCUT2D eigenvalue weighted by atomic mass is 10.2. The summed E-state index contributed by atoms with van der Waals surface area (Å²) in [5.41, 5.74) is 0. The van der Waals surface area contributed by atoms with Crippen LogP contribution in [0.2, 0.25) is 0 Å². The van der Waals surface area contributed by atoms with Crippen molar-refractivity contribution in [1.29, 1.82) is 0 Å². The SMILES string of the molecule is CCCCCCN(Cc1cccs1)C(=O)c1cccs1. The third-order valence-corrected chi connectivity index (χ3v) is 4.95. The average molecular weight is 307 g/mol. The van der Waals surface area contributed by atoms with Crippen LogP contribution in [0.3, 0.4) is 0 Å². The highest BCUT2D eigenvalue weighted by Gasteiger charge is 2.16. The molecule has 108 valence electrons. The van der Waals surface area contributed by atoms with Crippen molar-refractivity contribution in [1.82, 2.24) is 4.90 Å². The van der Waals surface area contributed by atoms with Crippen LogP contribution < -0.4 is 0 Å². The van der Waals surface area contributed by atoms with Crippen molar-refractivity contribution in [3.8, 4) is 0 Å². The predicted octanol–water partition coefficient (Wildman–Crippen LogP) is 5.03. The quantitative estimate of drug-likeness (QED) is 0.626. The van der Waals surface area contributed by atoms with Gasteiger partial charge < -0.3 is 4.90 Å². The maximum Gasteiger partial charge on any atom is 0.264 e. The topological polar surface area (TPSA) is 20.3 Å². The number of carbonyl (C=O) groups excluding carboxylic acids is 1. The number of hydrogen-bond acceptors (Lipinski definition) is 3. The standard InChI is InChI=1S/C16H21NOS2/c1-2-3-4-5-10-17(13-14-8-6-11-19-14)16(18)15-9-7-12-20-15/h6-9,11-12H,2-5,10,13H2,1H3. The lowest BCUT2D eigenvalue weighted by Crippen LogP contribution is -2.30. The molecule has 0 atom stereocenters. The van der Waals surface area contributed by atoms with E-state index in [1.807, 2.05) is 28.5 Å². The fraction of sp³-hybridized carbons (Fsp3) is 0.438. The van der Waals surface area contributed by atoms with E-state index in [0.29, 0.717) is 0 Å². The van der Waals surface area contributed by atoms with Crippen LogP contribution in [0.1, 0.15) is 47.2 Å². The zero-order valence-electron chi connectivity index (χ0n) is 11.9. The summed E-state index contributed by atoms with van der Waals surface area (Å²) in [5.74, 6) is 0.171. The highest BCUT2D eigenvalue weighted by molar-refractivity contribution is 7.12. The highest BCUT2D eigenvalue weighted by atomic mass is 32.1. The van der Waals surface area contributed by atoms with Crippen molar-refractivity contribution in [2.75, 3.05) is 6.54 Å². The number of nitrogens with zero attached hydrogens (tertiary/aromatic N) is 1. The van der Waals surface area contributed by atoms with Gasteiger partial charge in [0, 0.05) is 11.4 Å². The van der Waals surface area contributed by atoms with Crippen LogP contribution in [0.4, 0.5) is 0 Å². The normalized spacial score (nSPS) is 10.7. The smallest absolute Gasteiger partial charge is 0.264 e. The molecule has 0 spiro atoms. The molecule has 0 saturated carbocycles. The van der Waals surface area contributed by atoms with E-state index in [0.717, 1.165) is 24.4 Å². The summed E-state index contributed by atoms with van der Waals surface area (Å²) in [4.78, 5) is 16.6. The molecule has 0 aliphatic rings. The van der Waals surface area contributed by atoms with Gasteiger partial charge in [-0.2, -0.15) is 0 Å². The minimum Gasteiger partial charge on any atom is -0.333 e. The van der Waals surface area contributed by atoms with Crippen LogP contribution in [0.5, 0.6) is 0 Å². The van der Waals surface area contributed by atoms with Gasteiger partial charge >= 0.3 is 0 Å². The minimum absolute atomic E-state index is 0.171. The second-order valence-corrected chi connectivity index (χ2v) is 6.82. The molecular formula is C16H21NOS2. The Hall–Kier alpha value is -1.13. The number of hydrogen-bond donors (Lipinski definition) is 0. The summed E-state index contributed by atoms with van der Waals surface area (Å²) in [6, 6.07) is 8.01. The van der Waals surface area contributed by atoms with E-state index >= 15 is 0 Å². The molecule has 0 bridgehead atoms. The summed E-state index contributed by atoms with van der Waals surface area (Å²) in [6.07, 6.45) is 4.77. The van der Waals surface area contributed by atoms with Crippen LogP contribution in [-0.2, 0) is 6.54 Å². The first-order chi connectivity index (χ1) is 9.81. The molecule has 2 rings (SSSR count). The lowest BCUT2D eigenvalue weighted by Gasteiger charge is -2.21. The summed E-state index contributed by atoms with van der Waals surface area (Å²) in [7, 11) is 0. The fourth-order valence-electron chi connectivity index (χ4n) is 2.13. The van der Waals surface area contributed by atoms with E-state index in [9.17, 15) is 4.79 Å². The van der Waals surface area contributed by atoms with Crippen LogP contribution in [0.15, 0.2) is 35.0 Å². The van der Waals surface area contributed by atoms with Crippen molar-refractivity contribution in [2.45, 2.75) is 39.2 Å². The van der Waals surface area contributed by atoms with Gasteiger partial charge in [-0.3, -0.25) is 4.79 Å². The molecule has 4 heteroatoms. The number of unbranched alkanes of at least 4 members (excludes halogenated alkanes) is 3. The van der Waals surface area contributed by atoms with Crippen LogP contribution >= 0.6 is 22.7 Å². The summed E-state index contributed by atoms with van der Waals surface area (Å²) >= 11 is 3.25. The molecule has 2 nitrogen and oxygen atoms in total. The van der Waals surface area contributed by atoms with Gasteiger partial charge in [0.05, 0.1) is 11.4 Å². The van der Waals surface area contributed by atoms with Gasteiger partial charge in [-0.15, -0.1) is 22.7 Å². The molecule has 0 N–H and O–H groups in total. The Morgan fingerprint density at radius 3 is 2.55 bits per heavy atom. The highest BCUT2D eigenvalue weighted by Crippen LogP contribution is 2.18. The summed E-state index contributed by atoms with van der Waals surface area (Å²) < 4.78 is 0. The predicted molar refractivity (Wildman–Crippen MR) is 87.5 cm³/mol. The van der Waals surface area contributed by atoms with E-state index in [-0.39, 0.29) is 5.91 Å². The Morgan fingerprint density at radius 1 is 1.10 bits per heavy atom. The monoisotopic (exact) mass is 307 g/mol. The van der Waals surface area contributed by atoms with Gasteiger partial charge in [0.25, 0.3) is 5.91 Å². The summed E-state index contributed by atoms with van der Waals surface area (Å²) in [6.45, 7) is 3.80. The van der Waals surface area contributed by atoms with Crippen LogP contribution in [0.25, 0.3) is 0 Å². The Balaban J connectivity index is 1.97. The molecule has 0 unspecified atom stereocenters. The van der Waals surface area contributed by atoms with E-state index in [2.05, 4.69) is 18.4 Å². The van der Waals surface area contributed by atoms with Gasteiger partial charge in [-0.05, 0) is 29.3 Å². The number of thiophene rings is 2. The molecule has 1 amide bonds. The molecule has 2 heterocycles. The maximum absolute atomic E-state index is 12.5. The van der Waals surface area contributed by atoms with Crippen molar-refractivity contribution >= 4 is 28.6 Å². The Kier molecular flexibility index (Phi) is 6.27. The zero-order chi connectivity index (χ0) is 14.2. The second-order valence-electron chi connectivity index (χ2n) is 4.84. The first-order valence-electron chi connectivity index (χ1n) is 7.16. The first kappa shape index (κ1) is 15.3. The third-order valence-electron chi connectivity index (χ3n) is 3.23. The van der Waals surface area contributed by atoms with E-state index in [1.54, 1.807) is 11.3 Å².